The average molecular weight is 351 g/mol. The number of nitrogens with zero attached hydrogens (tertiary/aromatic N) is 2. The van der Waals surface area contributed by atoms with E-state index in [9.17, 15) is 0 Å². The first-order valence-electron chi connectivity index (χ1n) is 7.84. The van der Waals surface area contributed by atoms with Crippen molar-refractivity contribution in [3.63, 3.8) is 0 Å². The molecule has 0 spiro atoms. The lowest BCUT2D eigenvalue weighted by Crippen LogP contribution is -2.29. The highest BCUT2D eigenvalue weighted by Gasteiger charge is 2.13. The van der Waals surface area contributed by atoms with Crippen molar-refractivity contribution < 1.29 is 0 Å². The van der Waals surface area contributed by atoms with Crippen LogP contribution in [0.3, 0.4) is 0 Å². The van der Waals surface area contributed by atoms with Crippen molar-refractivity contribution in [1.82, 2.24) is 15.1 Å². The number of benzene rings is 1. The van der Waals surface area contributed by atoms with Crippen LogP contribution in [0.1, 0.15) is 36.7 Å². The zero-order valence-electron chi connectivity index (χ0n) is 13.8. The van der Waals surface area contributed by atoms with Crippen LogP contribution in [0, 0.1) is 13.8 Å². The molecule has 0 radical (unpaired) electrons. The first-order valence-corrected chi connectivity index (χ1v) is 8.63. The van der Waals surface area contributed by atoms with E-state index in [1.54, 1.807) is 0 Å². The quantitative estimate of drug-likeness (QED) is 0.602. The summed E-state index contributed by atoms with van der Waals surface area (Å²) < 4.78 is 1.97. The summed E-state index contributed by atoms with van der Waals surface area (Å²) in [4.78, 5) is 0. The van der Waals surface area contributed by atoms with Gasteiger partial charge in [0.2, 0.25) is 0 Å². The minimum atomic E-state index is 0.645. The van der Waals surface area contributed by atoms with Gasteiger partial charge in [0.1, 0.15) is 0 Å². The molecule has 2 aromatic rings. The van der Waals surface area contributed by atoms with E-state index in [-0.39, 0.29) is 0 Å². The van der Waals surface area contributed by atoms with Crippen LogP contribution >= 0.6 is 23.8 Å². The van der Waals surface area contributed by atoms with E-state index in [1.165, 1.54) is 0 Å². The maximum atomic E-state index is 6.05. The van der Waals surface area contributed by atoms with Crippen LogP contribution in [-0.4, -0.2) is 21.4 Å². The molecule has 1 aromatic carbocycles. The molecule has 124 valence electrons. The highest BCUT2D eigenvalue weighted by atomic mass is 35.5. The molecule has 0 bridgehead atoms. The van der Waals surface area contributed by atoms with E-state index in [2.05, 4.69) is 22.7 Å². The first-order chi connectivity index (χ1) is 11.0. The lowest BCUT2D eigenvalue weighted by atomic mass is 10.2. The van der Waals surface area contributed by atoms with Gasteiger partial charge in [-0.2, -0.15) is 5.10 Å². The van der Waals surface area contributed by atoms with Crippen molar-refractivity contribution in [2.45, 2.75) is 40.2 Å². The molecule has 2 rings (SSSR count). The molecule has 0 unspecified atom stereocenters. The molecular formula is C17H23ClN4S. The fraction of sp³-hybridized carbons (Fsp3) is 0.412. The van der Waals surface area contributed by atoms with Gasteiger partial charge in [0.15, 0.2) is 5.11 Å². The van der Waals surface area contributed by atoms with Crippen molar-refractivity contribution in [1.29, 1.82) is 0 Å². The Morgan fingerprint density at radius 3 is 2.83 bits per heavy atom. The molecule has 0 aliphatic rings. The van der Waals surface area contributed by atoms with Crippen LogP contribution in [0.15, 0.2) is 24.3 Å². The number of anilines is 1. The highest BCUT2D eigenvalue weighted by molar-refractivity contribution is 7.80. The Balaban J connectivity index is 2.08. The number of aryl methyl sites for hydroxylation is 1. The Bertz CT molecular complexity index is 681. The van der Waals surface area contributed by atoms with E-state index in [0.717, 1.165) is 47.0 Å². The molecular weight excluding hydrogens is 328 g/mol. The Hall–Kier alpha value is -1.59. The molecule has 0 aliphatic carbocycles. The second kappa shape index (κ2) is 8.31. The summed E-state index contributed by atoms with van der Waals surface area (Å²) >= 11 is 11.4. The minimum absolute atomic E-state index is 0.645. The van der Waals surface area contributed by atoms with Gasteiger partial charge in [-0.1, -0.05) is 37.1 Å². The Morgan fingerprint density at radius 2 is 2.13 bits per heavy atom. The van der Waals surface area contributed by atoms with Gasteiger partial charge in [-0.3, -0.25) is 4.68 Å². The van der Waals surface area contributed by atoms with Crippen molar-refractivity contribution in [3.8, 4) is 0 Å². The fourth-order valence-corrected chi connectivity index (χ4v) is 2.79. The second-order valence-corrected chi connectivity index (χ2v) is 6.41. The number of nitrogens with one attached hydrogen (secondary N) is 2. The van der Waals surface area contributed by atoms with E-state index < -0.39 is 0 Å². The molecule has 2 N–H and O–H groups in total. The lowest BCUT2D eigenvalue weighted by molar-refractivity contribution is 0.659. The number of thiocarbonyl (C=S) groups is 1. The summed E-state index contributed by atoms with van der Waals surface area (Å²) in [5.41, 5.74) is 4.09. The van der Waals surface area contributed by atoms with Crippen LogP contribution in [0.2, 0.25) is 5.02 Å². The van der Waals surface area contributed by atoms with E-state index in [1.807, 2.05) is 42.8 Å². The summed E-state index contributed by atoms with van der Waals surface area (Å²) in [6.45, 7) is 7.76. The van der Waals surface area contributed by atoms with Crippen LogP contribution in [0.5, 0.6) is 0 Å². The summed E-state index contributed by atoms with van der Waals surface area (Å²) in [6, 6.07) is 7.84. The SMILES string of the molecule is CCCCNC(=S)Nc1c(C)nn(Cc2cccc(Cl)c2)c1C. The van der Waals surface area contributed by atoms with Crippen molar-refractivity contribution in [2.24, 2.45) is 0 Å². The van der Waals surface area contributed by atoms with E-state index >= 15 is 0 Å². The summed E-state index contributed by atoms with van der Waals surface area (Å²) in [7, 11) is 0. The third-order valence-corrected chi connectivity index (χ3v) is 4.14. The van der Waals surface area contributed by atoms with Crippen LogP contribution in [-0.2, 0) is 6.54 Å². The van der Waals surface area contributed by atoms with E-state index in [0.29, 0.717) is 11.7 Å². The Morgan fingerprint density at radius 1 is 1.35 bits per heavy atom. The van der Waals surface area contributed by atoms with E-state index in [4.69, 9.17) is 23.8 Å². The molecule has 4 nitrogen and oxygen atoms in total. The van der Waals surface area contributed by atoms with Gasteiger partial charge < -0.3 is 10.6 Å². The molecule has 6 heteroatoms. The number of unbranched alkanes of at least 4 members (excludes halogenated alkanes) is 1. The lowest BCUT2D eigenvalue weighted by Gasteiger charge is -2.11. The van der Waals surface area contributed by atoms with Crippen LogP contribution in [0.4, 0.5) is 5.69 Å². The van der Waals surface area contributed by atoms with Gasteiger partial charge >= 0.3 is 0 Å². The number of rotatable bonds is 6. The smallest absolute Gasteiger partial charge is 0.170 e. The maximum Gasteiger partial charge on any atom is 0.170 e. The maximum absolute atomic E-state index is 6.05. The first kappa shape index (κ1) is 17.8. The largest absolute Gasteiger partial charge is 0.362 e. The van der Waals surface area contributed by atoms with Gasteiger partial charge in [-0.25, -0.2) is 0 Å². The summed E-state index contributed by atoms with van der Waals surface area (Å²) in [5.74, 6) is 0. The summed E-state index contributed by atoms with van der Waals surface area (Å²) in [6.07, 6.45) is 2.25. The molecule has 0 amide bonds. The normalized spacial score (nSPS) is 10.6. The van der Waals surface area contributed by atoms with Gasteiger partial charge in [-0.05, 0) is 50.2 Å². The summed E-state index contributed by atoms with van der Waals surface area (Å²) in [5, 5.41) is 12.5. The number of aromatic nitrogens is 2. The average Bonchev–Trinajstić information content (AvgIpc) is 2.75. The number of hydrogen-bond acceptors (Lipinski definition) is 2. The predicted octanol–water partition coefficient (Wildman–Crippen LogP) is 4.29. The van der Waals surface area contributed by atoms with Gasteiger partial charge in [-0.15, -0.1) is 0 Å². The zero-order valence-corrected chi connectivity index (χ0v) is 15.4. The minimum Gasteiger partial charge on any atom is -0.362 e. The molecule has 1 heterocycles. The molecule has 0 saturated heterocycles. The standard InChI is InChI=1S/C17H23ClN4S/c1-4-5-9-19-17(23)20-16-12(2)21-22(13(16)3)11-14-7-6-8-15(18)10-14/h6-8,10H,4-5,9,11H2,1-3H3,(H2,19,20,23). The molecule has 0 atom stereocenters. The van der Waals surface area contributed by atoms with Gasteiger partial charge in [0.25, 0.3) is 0 Å². The monoisotopic (exact) mass is 350 g/mol. The zero-order chi connectivity index (χ0) is 16.8. The topological polar surface area (TPSA) is 41.9 Å². The molecule has 1 aromatic heterocycles. The van der Waals surface area contributed by atoms with Crippen molar-refractivity contribution in [2.75, 3.05) is 11.9 Å². The van der Waals surface area contributed by atoms with Crippen LogP contribution < -0.4 is 10.6 Å². The third-order valence-electron chi connectivity index (χ3n) is 3.66. The third kappa shape index (κ3) is 4.94. The number of halogens is 1. The predicted molar refractivity (Wildman–Crippen MR) is 101 cm³/mol. The number of hydrogen-bond donors (Lipinski definition) is 2. The second-order valence-electron chi connectivity index (χ2n) is 5.57. The van der Waals surface area contributed by atoms with Crippen molar-refractivity contribution >= 4 is 34.6 Å². The molecule has 0 saturated carbocycles. The van der Waals surface area contributed by atoms with Crippen molar-refractivity contribution in [3.05, 3.63) is 46.2 Å². The Kier molecular flexibility index (Phi) is 6.42. The van der Waals surface area contributed by atoms with Gasteiger partial charge in [0, 0.05) is 11.6 Å². The molecule has 0 fully saturated rings. The van der Waals surface area contributed by atoms with Crippen LogP contribution in [0.25, 0.3) is 0 Å². The molecule has 0 aliphatic heterocycles. The van der Waals surface area contributed by atoms with Gasteiger partial charge in [0.05, 0.1) is 23.6 Å². The Labute approximate surface area is 148 Å². The fourth-order valence-electron chi connectivity index (χ4n) is 2.38. The highest BCUT2D eigenvalue weighted by Crippen LogP contribution is 2.21. The molecule has 23 heavy (non-hydrogen) atoms.